The van der Waals surface area contributed by atoms with Gasteiger partial charge in [-0.1, -0.05) is 18.2 Å². The van der Waals surface area contributed by atoms with Gasteiger partial charge in [-0.05, 0) is 43.2 Å². The summed E-state index contributed by atoms with van der Waals surface area (Å²) >= 11 is 1.54. The molecule has 2 saturated heterocycles. The van der Waals surface area contributed by atoms with E-state index in [2.05, 4.69) is 4.90 Å². The number of alkyl halides is 3. The van der Waals surface area contributed by atoms with Gasteiger partial charge in [0, 0.05) is 37.5 Å². The van der Waals surface area contributed by atoms with E-state index in [9.17, 15) is 27.6 Å². The molecule has 2 fully saturated rings. The Bertz CT molecular complexity index is 1260. The van der Waals surface area contributed by atoms with E-state index >= 15 is 0 Å². The Kier molecular flexibility index (Phi) is 8.94. The van der Waals surface area contributed by atoms with Gasteiger partial charge in [-0.15, -0.1) is 11.8 Å². The number of halogens is 3. The molecule has 3 heterocycles. The van der Waals surface area contributed by atoms with E-state index in [1.54, 1.807) is 22.7 Å². The number of thioether (sulfide) groups is 1. The van der Waals surface area contributed by atoms with E-state index in [4.69, 9.17) is 19.7 Å². The molecular weight excluding hydrogens is 553 g/mol. The van der Waals surface area contributed by atoms with Crippen molar-refractivity contribution in [3.8, 4) is 11.5 Å². The van der Waals surface area contributed by atoms with Gasteiger partial charge >= 0.3 is 18.1 Å². The summed E-state index contributed by atoms with van der Waals surface area (Å²) < 4.78 is 51.5. The molecule has 9 nitrogen and oxygen atoms in total. The summed E-state index contributed by atoms with van der Waals surface area (Å²) in [6.07, 6.45) is -2.04. The first kappa shape index (κ1) is 29.3. The van der Waals surface area contributed by atoms with Crippen molar-refractivity contribution in [1.82, 2.24) is 4.90 Å². The van der Waals surface area contributed by atoms with Gasteiger partial charge in [0.25, 0.3) is 0 Å². The predicted octanol–water partition coefficient (Wildman–Crippen LogP) is 4.13. The number of carboxylic acids is 2. The maximum Gasteiger partial charge on any atom is 0.416 e. The fourth-order valence-electron chi connectivity index (χ4n) is 4.79. The minimum atomic E-state index is -4.44. The van der Waals surface area contributed by atoms with E-state index in [1.165, 1.54) is 6.07 Å². The van der Waals surface area contributed by atoms with Crippen LogP contribution in [-0.2, 0) is 20.6 Å². The summed E-state index contributed by atoms with van der Waals surface area (Å²) in [5, 5.41) is 15.6. The molecule has 1 spiro atoms. The summed E-state index contributed by atoms with van der Waals surface area (Å²) in [4.78, 5) is 35.2. The quantitative estimate of drug-likeness (QED) is 0.504. The van der Waals surface area contributed by atoms with Crippen LogP contribution < -0.4 is 14.4 Å². The molecule has 0 radical (unpaired) electrons. The molecule has 5 rings (SSSR count). The predicted molar refractivity (Wildman–Crippen MR) is 141 cm³/mol. The molecule has 0 saturated carbocycles. The van der Waals surface area contributed by atoms with E-state index in [0.717, 1.165) is 36.7 Å². The smallest absolute Gasteiger partial charge is 0.416 e. The van der Waals surface area contributed by atoms with Crippen LogP contribution in [-0.4, -0.2) is 75.9 Å². The number of anilines is 1. The minimum Gasteiger partial charge on any atom is -0.486 e. The van der Waals surface area contributed by atoms with Crippen molar-refractivity contribution in [1.29, 1.82) is 0 Å². The Labute approximate surface area is 232 Å². The molecule has 0 bridgehead atoms. The number of carboxylic acid groups (broad SMARTS) is 2. The van der Waals surface area contributed by atoms with E-state index < -0.39 is 28.5 Å². The Hall–Kier alpha value is -3.71. The van der Waals surface area contributed by atoms with Crippen LogP contribution in [0.1, 0.15) is 18.4 Å². The van der Waals surface area contributed by atoms with Gasteiger partial charge in [-0.2, -0.15) is 13.2 Å². The van der Waals surface area contributed by atoms with Gasteiger partial charge in [-0.3, -0.25) is 14.6 Å². The van der Waals surface area contributed by atoms with Gasteiger partial charge in [0.1, 0.15) is 12.7 Å². The molecule has 214 valence electrons. The number of aliphatic carboxylic acids is 2. The highest BCUT2D eigenvalue weighted by Crippen LogP contribution is 2.47. The average Bonchev–Trinajstić information content (AvgIpc) is 3.24. The van der Waals surface area contributed by atoms with E-state index in [0.29, 0.717) is 43.8 Å². The normalized spacial score (nSPS) is 20.3. The van der Waals surface area contributed by atoms with Crippen LogP contribution in [0.2, 0.25) is 0 Å². The lowest BCUT2D eigenvalue weighted by atomic mass is 10.00. The van der Waals surface area contributed by atoms with Crippen molar-refractivity contribution >= 4 is 35.3 Å². The number of carbonyl (C=O) groups is 3. The molecule has 0 aliphatic carbocycles. The monoisotopic (exact) mass is 580 g/mol. The van der Waals surface area contributed by atoms with Crippen molar-refractivity contribution in [2.24, 2.45) is 0 Å². The minimum absolute atomic E-state index is 0.0867. The second-order valence-corrected chi connectivity index (χ2v) is 10.7. The number of likely N-dealkylation sites (tertiary alicyclic amines) is 1. The topological polar surface area (TPSA) is 117 Å². The zero-order valence-corrected chi connectivity index (χ0v) is 22.0. The number of hydrogen-bond acceptors (Lipinski definition) is 7. The third kappa shape index (κ3) is 7.07. The number of fused-ring (bicyclic) bond motifs is 1. The molecule has 2 aromatic carbocycles. The van der Waals surface area contributed by atoms with Crippen molar-refractivity contribution < 1.29 is 47.2 Å². The number of amides is 1. The fourth-order valence-corrected chi connectivity index (χ4v) is 6.12. The molecule has 1 atom stereocenters. The molecule has 1 unspecified atom stereocenters. The summed E-state index contributed by atoms with van der Waals surface area (Å²) in [5.41, 5.74) is -0.411. The van der Waals surface area contributed by atoms with Crippen molar-refractivity contribution in [2.75, 3.05) is 36.9 Å². The molecule has 40 heavy (non-hydrogen) atoms. The Balaban J connectivity index is 0.000000406. The van der Waals surface area contributed by atoms with Crippen LogP contribution in [0.5, 0.6) is 11.5 Å². The molecule has 2 aromatic rings. The van der Waals surface area contributed by atoms with Crippen LogP contribution in [0.3, 0.4) is 0 Å². The van der Waals surface area contributed by atoms with E-state index in [1.807, 2.05) is 24.3 Å². The molecule has 3 aliphatic heterocycles. The lowest BCUT2D eigenvalue weighted by Crippen LogP contribution is -2.54. The average molecular weight is 581 g/mol. The highest BCUT2D eigenvalue weighted by molar-refractivity contribution is 8.02. The van der Waals surface area contributed by atoms with Crippen LogP contribution in [0.4, 0.5) is 18.9 Å². The SMILES string of the molecule is O=C(O)/C=C\C(=O)O.O=C1CSC2(CCN(CC3COc4ccccc4O3)CC2)N1c1cccc(C(F)(F)F)c1. The lowest BCUT2D eigenvalue weighted by molar-refractivity contribution is -0.137. The fraction of sp³-hybridized carbons (Fsp3) is 0.370. The van der Waals surface area contributed by atoms with Crippen molar-refractivity contribution in [3.63, 3.8) is 0 Å². The number of para-hydroxylation sites is 2. The molecule has 1 amide bonds. The maximum atomic E-state index is 13.2. The number of rotatable bonds is 5. The standard InChI is InChI=1S/C23H23F3N2O3S.C4H4O4/c24-23(25,26)16-4-3-5-17(12-16)28-21(29)15-32-22(28)8-10-27(11-9-22)13-18-14-30-19-6-1-2-7-20(19)31-18;5-3(6)1-2-4(7)8/h1-7,12,18H,8-11,13-15H2;1-2H,(H,5,6)(H,7,8)/b;2-1-. The first-order valence-electron chi connectivity index (χ1n) is 12.4. The van der Waals surface area contributed by atoms with Gasteiger partial charge in [0.05, 0.1) is 16.2 Å². The number of benzene rings is 2. The van der Waals surface area contributed by atoms with Crippen LogP contribution in [0.15, 0.2) is 60.7 Å². The zero-order valence-electron chi connectivity index (χ0n) is 21.2. The van der Waals surface area contributed by atoms with Crippen molar-refractivity contribution in [2.45, 2.75) is 30.0 Å². The first-order valence-corrected chi connectivity index (χ1v) is 13.3. The molecule has 2 N–H and O–H groups in total. The summed E-state index contributed by atoms with van der Waals surface area (Å²) in [6, 6.07) is 12.7. The van der Waals surface area contributed by atoms with Gasteiger partial charge < -0.3 is 19.7 Å². The summed E-state index contributed by atoms with van der Waals surface area (Å²) in [5.74, 6) is -0.876. The zero-order chi connectivity index (χ0) is 28.9. The largest absolute Gasteiger partial charge is 0.486 e. The number of ether oxygens (including phenoxy) is 2. The third-order valence-electron chi connectivity index (χ3n) is 6.59. The van der Waals surface area contributed by atoms with Gasteiger partial charge in [-0.25, -0.2) is 9.59 Å². The Morgan fingerprint density at radius 2 is 1.68 bits per heavy atom. The number of nitrogens with zero attached hydrogens (tertiary/aromatic N) is 2. The lowest BCUT2D eigenvalue weighted by Gasteiger charge is -2.44. The Morgan fingerprint density at radius 1 is 1.02 bits per heavy atom. The number of carbonyl (C=O) groups excluding carboxylic acids is 1. The second kappa shape index (κ2) is 12.2. The maximum absolute atomic E-state index is 13.2. The van der Waals surface area contributed by atoms with E-state index in [-0.39, 0.29) is 17.8 Å². The molecule has 13 heteroatoms. The first-order chi connectivity index (χ1) is 19.0. The molecule has 3 aliphatic rings. The van der Waals surface area contributed by atoms with Crippen LogP contribution in [0, 0.1) is 0 Å². The summed E-state index contributed by atoms with van der Waals surface area (Å²) in [7, 11) is 0. The second-order valence-electron chi connectivity index (χ2n) is 9.32. The number of hydrogen-bond donors (Lipinski definition) is 2. The molecular formula is C27H27F3N2O7S. The van der Waals surface area contributed by atoms with Crippen molar-refractivity contribution in [3.05, 3.63) is 66.2 Å². The third-order valence-corrected chi connectivity index (χ3v) is 8.11. The van der Waals surface area contributed by atoms with Crippen LogP contribution >= 0.6 is 11.8 Å². The highest BCUT2D eigenvalue weighted by atomic mass is 32.2. The summed E-state index contributed by atoms with van der Waals surface area (Å²) in [6.45, 7) is 2.64. The van der Waals surface area contributed by atoms with Crippen LogP contribution in [0.25, 0.3) is 0 Å². The number of piperidine rings is 1. The van der Waals surface area contributed by atoms with Gasteiger partial charge in [0.2, 0.25) is 5.91 Å². The Morgan fingerprint density at radius 3 is 2.30 bits per heavy atom. The van der Waals surface area contributed by atoms with Gasteiger partial charge in [0.15, 0.2) is 11.5 Å². The molecule has 0 aromatic heterocycles. The highest BCUT2D eigenvalue weighted by Gasteiger charge is 2.49.